The number of alkyl halides is 3. The minimum Gasteiger partial charge on any atom is -0.495 e. The molecule has 5 aromatic rings. The summed E-state index contributed by atoms with van der Waals surface area (Å²) >= 11 is 0. The zero-order valence-corrected chi connectivity index (χ0v) is 17.8. The van der Waals surface area contributed by atoms with E-state index in [1.54, 1.807) is 36.5 Å². The van der Waals surface area contributed by atoms with Crippen LogP contribution in [0.5, 0.6) is 5.75 Å². The lowest BCUT2D eigenvalue weighted by molar-refractivity contribution is -0.137. The molecular weight excluding hydrogens is 459 g/mol. The number of aromatic amines is 1. The van der Waals surface area contributed by atoms with Crippen molar-refractivity contribution < 1.29 is 29.6 Å². The van der Waals surface area contributed by atoms with Gasteiger partial charge in [-0.1, -0.05) is 6.07 Å². The summed E-state index contributed by atoms with van der Waals surface area (Å²) in [4.78, 5) is 20.0. The number of rotatable bonds is 5. The van der Waals surface area contributed by atoms with Crippen LogP contribution in [0.2, 0.25) is 0 Å². The van der Waals surface area contributed by atoms with Crippen LogP contribution in [0.25, 0.3) is 21.9 Å². The van der Waals surface area contributed by atoms with Gasteiger partial charge < -0.3 is 24.9 Å². The van der Waals surface area contributed by atoms with Crippen LogP contribution in [-0.4, -0.2) is 27.6 Å². The van der Waals surface area contributed by atoms with E-state index >= 15 is 0 Å². The first kappa shape index (κ1) is 17.0. The summed E-state index contributed by atoms with van der Waals surface area (Å²) in [5.41, 5.74) is -0.0992. The lowest BCUT2D eigenvalue weighted by Crippen LogP contribution is -2.20. The lowest BCUT2D eigenvalue weighted by atomic mass is 10.1. The molecule has 3 heterocycles. The van der Waals surface area contributed by atoms with Gasteiger partial charge in [0.25, 0.3) is 0 Å². The van der Waals surface area contributed by atoms with Gasteiger partial charge in [-0.3, -0.25) is 0 Å². The van der Waals surface area contributed by atoms with Crippen LogP contribution in [0.4, 0.5) is 29.3 Å². The number of methoxy groups -OCH3 is 1. The second-order valence-electron chi connectivity index (χ2n) is 7.53. The van der Waals surface area contributed by atoms with E-state index in [4.69, 9.17) is 11.6 Å². The number of halogens is 3. The molecular formula is C25H20F3N5O2. The molecule has 0 saturated carbocycles. The summed E-state index contributed by atoms with van der Waals surface area (Å²) < 4.78 is 85.5. The SMILES string of the molecule is [2H]C([2H])([2H])Oc1ccc(C(F)(F)F)cc1NC(=O)Nc1cccc2c1ccn2C([2H])([2H])c1c[nH]c2ncccc12. The molecule has 7 nitrogen and oxygen atoms in total. The van der Waals surface area contributed by atoms with E-state index in [9.17, 15) is 18.0 Å². The van der Waals surface area contributed by atoms with Crippen molar-refractivity contribution in [3.05, 3.63) is 84.3 Å². The number of nitrogens with zero attached hydrogens (tertiary/aromatic N) is 2. The van der Waals surface area contributed by atoms with Crippen LogP contribution in [0, 0.1) is 0 Å². The Morgan fingerprint density at radius 3 is 2.83 bits per heavy atom. The third-order valence-corrected chi connectivity index (χ3v) is 5.34. The number of ether oxygens (including phenoxy) is 1. The van der Waals surface area contributed by atoms with Gasteiger partial charge in [-0.2, -0.15) is 13.2 Å². The molecule has 2 aromatic carbocycles. The Morgan fingerprint density at radius 1 is 1.14 bits per heavy atom. The van der Waals surface area contributed by atoms with Gasteiger partial charge in [0, 0.05) is 35.9 Å². The van der Waals surface area contributed by atoms with Crippen LogP contribution < -0.4 is 15.4 Å². The molecule has 0 aliphatic heterocycles. The van der Waals surface area contributed by atoms with Crippen LogP contribution in [-0.2, 0) is 12.7 Å². The summed E-state index contributed by atoms with van der Waals surface area (Å²) in [6, 6.07) is 10.8. The number of hydrogen-bond acceptors (Lipinski definition) is 3. The minimum absolute atomic E-state index is 0.232. The molecule has 0 aliphatic rings. The highest BCUT2D eigenvalue weighted by atomic mass is 19.4. The van der Waals surface area contributed by atoms with Gasteiger partial charge in [0.15, 0.2) is 0 Å². The summed E-state index contributed by atoms with van der Waals surface area (Å²) in [7, 11) is -2.97. The van der Waals surface area contributed by atoms with E-state index in [0.717, 1.165) is 6.07 Å². The molecule has 2 amide bonds. The van der Waals surface area contributed by atoms with Crippen LogP contribution in [0.15, 0.2) is 73.2 Å². The fourth-order valence-electron chi connectivity index (χ4n) is 3.72. The van der Waals surface area contributed by atoms with Crippen LogP contribution >= 0.6 is 0 Å². The average Bonchev–Trinajstić information content (AvgIpc) is 3.49. The van der Waals surface area contributed by atoms with E-state index in [1.165, 1.54) is 23.0 Å². The molecule has 0 atom stereocenters. The summed E-state index contributed by atoms with van der Waals surface area (Å²) in [6.07, 6.45) is -0.116. The summed E-state index contributed by atoms with van der Waals surface area (Å²) in [5, 5.41) is 5.80. The number of anilines is 2. The number of amides is 2. The molecule has 0 aliphatic carbocycles. The van der Waals surface area contributed by atoms with E-state index in [-0.39, 0.29) is 5.69 Å². The van der Waals surface area contributed by atoms with Gasteiger partial charge >= 0.3 is 12.2 Å². The Bertz CT molecular complexity index is 1730. The number of carbonyl (C=O) groups is 1. The molecule has 3 aromatic heterocycles. The van der Waals surface area contributed by atoms with Gasteiger partial charge in [-0.15, -0.1) is 0 Å². The molecule has 0 radical (unpaired) electrons. The van der Waals surface area contributed by atoms with Gasteiger partial charge in [-0.25, -0.2) is 9.78 Å². The van der Waals surface area contributed by atoms with E-state index in [0.29, 0.717) is 39.6 Å². The number of H-pyrrole nitrogens is 1. The Balaban J connectivity index is 1.45. The molecule has 0 unspecified atom stereocenters. The predicted molar refractivity (Wildman–Crippen MR) is 128 cm³/mol. The van der Waals surface area contributed by atoms with Gasteiger partial charge in [0.05, 0.1) is 36.3 Å². The van der Waals surface area contributed by atoms with Gasteiger partial charge in [-0.05, 0) is 54.1 Å². The quantitative estimate of drug-likeness (QED) is 0.276. The minimum atomic E-state index is -4.75. The van der Waals surface area contributed by atoms with Gasteiger partial charge in [0.1, 0.15) is 11.4 Å². The first-order valence-corrected chi connectivity index (χ1v) is 10.3. The maximum atomic E-state index is 13.3. The van der Waals surface area contributed by atoms with Crippen LogP contribution in [0.3, 0.4) is 0 Å². The van der Waals surface area contributed by atoms with Crippen molar-refractivity contribution in [3.63, 3.8) is 0 Å². The Labute approximate surface area is 204 Å². The van der Waals surface area contributed by atoms with Crippen molar-refractivity contribution in [2.75, 3.05) is 17.7 Å². The Hall–Kier alpha value is -4.47. The maximum absolute atomic E-state index is 13.3. The number of pyridine rings is 1. The average molecular weight is 484 g/mol. The van der Waals surface area contributed by atoms with E-state index < -0.39 is 42.7 Å². The van der Waals surface area contributed by atoms with Crippen molar-refractivity contribution in [2.24, 2.45) is 0 Å². The first-order valence-electron chi connectivity index (χ1n) is 12.8. The number of fused-ring (bicyclic) bond motifs is 2. The highest BCUT2D eigenvalue weighted by molar-refractivity contribution is 6.06. The Kier molecular flexibility index (Phi) is 4.24. The normalized spacial score (nSPS) is 14.5. The first-order chi connectivity index (χ1) is 18.7. The highest BCUT2D eigenvalue weighted by Gasteiger charge is 2.31. The molecule has 5 rings (SSSR count). The number of benzene rings is 2. The van der Waals surface area contributed by atoms with Crippen molar-refractivity contribution in [2.45, 2.75) is 12.7 Å². The molecule has 0 spiro atoms. The van der Waals surface area contributed by atoms with E-state index in [1.807, 2.05) is 0 Å². The number of nitrogens with one attached hydrogen (secondary N) is 3. The van der Waals surface area contributed by atoms with Crippen molar-refractivity contribution in [1.29, 1.82) is 0 Å². The zero-order valence-electron chi connectivity index (χ0n) is 22.8. The lowest BCUT2D eigenvalue weighted by Gasteiger charge is -2.14. The third kappa shape index (κ3) is 4.37. The highest BCUT2D eigenvalue weighted by Crippen LogP contribution is 2.35. The fourth-order valence-corrected chi connectivity index (χ4v) is 3.72. The molecule has 0 saturated heterocycles. The van der Waals surface area contributed by atoms with Crippen molar-refractivity contribution in [3.8, 4) is 5.75 Å². The smallest absolute Gasteiger partial charge is 0.416 e. The standard InChI is InChI=1S/C25H20F3N5O2/c1-35-22-8-7-16(25(26,27)28)12-20(22)32-24(34)31-19-5-2-6-21-18(19)9-11-33(21)14-15-13-30-23-17(15)4-3-10-29-23/h2-13H,14H2,1H3,(H,29,30)(H2,31,32,34)/i1D3,14D2. The second-order valence-corrected chi connectivity index (χ2v) is 7.53. The second kappa shape index (κ2) is 8.71. The Morgan fingerprint density at radius 2 is 2.00 bits per heavy atom. The number of hydrogen-bond donors (Lipinski definition) is 3. The number of carbonyl (C=O) groups excluding carboxylic acids is 1. The van der Waals surface area contributed by atoms with Gasteiger partial charge in [0.2, 0.25) is 0 Å². The molecule has 3 N–H and O–H groups in total. The zero-order chi connectivity index (χ0) is 28.9. The maximum Gasteiger partial charge on any atom is 0.416 e. The molecule has 178 valence electrons. The fraction of sp³-hybridized carbons (Fsp3) is 0.120. The molecule has 35 heavy (non-hydrogen) atoms. The topological polar surface area (TPSA) is 84.0 Å². The van der Waals surface area contributed by atoms with E-state index in [2.05, 4.69) is 20.6 Å². The number of aromatic nitrogens is 3. The summed E-state index contributed by atoms with van der Waals surface area (Å²) in [6.45, 7) is -2.02. The summed E-state index contributed by atoms with van der Waals surface area (Å²) in [5.74, 6) is -0.478. The molecule has 0 fully saturated rings. The van der Waals surface area contributed by atoms with Crippen LogP contribution in [0.1, 0.15) is 18.0 Å². The monoisotopic (exact) mass is 484 g/mol. The predicted octanol–water partition coefficient (Wildman–Crippen LogP) is 6.24. The van der Waals surface area contributed by atoms with Crippen molar-refractivity contribution >= 4 is 39.3 Å². The third-order valence-electron chi connectivity index (χ3n) is 5.34. The number of urea groups is 1. The largest absolute Gasteiger partial charge is 0.495 e. The molecule has 0 bridgehead atoms. The van der Waals surface area contributed by atoms with Crippen molar-refractivity contribution in [1.82, 2.24) is 14.5 Å². The molecule has 10 heteroatoms.